The van der Waals surface area contributed by atoms with Crippen molar-refractivity contribution in [2.24, 2.45) is 0 Å². The second-order valence-electron chi connectivity index (χ2n) is 12.2. The van der Waals surface area contributed by atoms with E-state index in [2.05, 4.69) is 9.97 Å². The summed E-state index contributed by atoms with van der Waals surface area (Å²) in [5.74, 6) is -1.57. The fraction of sp³-hybridized carbons (Fsp3) is 0.143. The van der Waals surface area contributed by atoms with Crippen LogP contribution in [0.15, 0.2) is 122 Å². The number of esters is 1. The van der Waals surface area contributed by atoms with Crippen LogP contribution in [0.25, 0.3) is 22.5 Å². The van der Waals surface area contributed by atoms with Crippen molar-refractivity contribution in [3.63, 3.8) is 0 Å². The number of rotatable bonds is 9. The number of methoxy groups -OCH3 is 2. The van der Waals surface area contributed by atoms with E-state index in [0.717, 1.165) is 29.8 Å². The van der Waals surface area contributed by atoms with Crippen LogP contribution in [0, 0.1) is 5.82 Å². The van der Waals surface area contributed by atoms with Gasteiger partial charge in [-0.15, -0.1) is 0 Å². The van der Waals surface area contributed by atoms with E-state index >= 15 is 0 Å². The van der Waals surface area contributed by atoms with Gasteiger partial charge in [0.05, 0.1) is 47.9 Å². The average Bonchev–Trinajstić information content (AvgIpc) is 3.18. The number of aromatic carboxylic acids is 1. The normalized spacial score (nSPS) is 11.3. The molecule has 2 aromatic heterocycles. The van der Waals surface area contributed by atoms with E-state index in [1.165, 1.54) is 75.0 Å². The van der Waals surface area contributed by atoms with Gasteiger partial charge in [0.15, 0.2) is 0 Å². The topological polar surface area (TPSA) is 98.6 Å². The third kappa shape index (κ3) is 10.3. The molecular weight excluding hydrogens is 745 g/mol. The first-order valence-corrected chi connectivity index (χ1v) is 16.6. The first kappa shape index (κ1) is 40.6. The summed E-state index contributed by atoms with van der Waals surface area (Å²) in [7, 11) is 2.76. The molecule has 0 saturated heterocycles. The monoisotopic (exact) mass is 776 g/mol. The molecule has 2 heterocycles. The summed E-state index contributed by atoms with van der Waals surface area (Å²) < 4.78 is 100. The molecule has 6 aromatic rings. The maximum absolute atomic E-state index is 13.7. The zero-order chi connectivity index (χ0) is 40.6. The number of carboxylic acids is 1. The van der Waals surface area contributed by atoms with Crippen molar-refractivity contribution in [2.75, 3.05) is 14.2 Å². The summed E-state index contributed by atoms with van der Waals surface area (Å²) in [6, 6.07) is 24.8. The summed E-state index contributed by atoms with van der Waals surface area (Å²) in [6.07, 6.45) is -5.34. The van der Waals surface area contributed by atoms with Crippen molar-refractivity contribution in [1.29, 1.82) is 0 Å². The van der Waals surface area contributed by atoms with E-state index in [1.54, 1.807) is 36.5 Å². The number of hydrogen-bond acceptors (Lipinski definition) is 6. The highest BCUT2D eigenvalue weighted by molar-refractivity contribution is 5.91. The van der Waals surface area contributed by atoms with Crippen molar-refractivity contribution < 1.29 is 54.9 Å². The van der Waals surface area contributed by atoms with Crippen LogP contribution in [0.2, 0.25) is 0 Å². The zero-order valence-electron chi connectivity index (χ0n) is 29.6. The van der Waals surface area contributed by atoms with Gasteiger partial charge in [-0.2, -0.15) is 26.3 Å². The molecule has 0 amide bonds. The maximum Gasteiger partial charge on any atom is 0.416 e. The molecule has 1 N–H and O–H groups in total. The molecule has 0 aliphatic heterocycles. The lowest BCUT2D eigenvalue weighted by Crippen LogP contribution is -2.05. The van der Waals surface area contributed by atoms with Crippen LogP contribution in [0.3, 0.4) is 0 Å². The van der Waals surface area contributed by atoms with E-state index in [1.807, 2.05) is 0 Å². The van der Waals surface area contributed by atoms with Crippen LogP contribution < -0.4 is 4.74 Å². The van der Waals surface area contributed by atoms with Crippen LogP contribution in [0.1, 0.15) is 54.1 Å². The van der Waals surface area contributed by atoms with Crippen molar-refractivity contribution >= 4 is 11.9 Å². The van der Waals surface area contributed by atoms with Gasteiger partial charge in [0.2, 0.25) is 0 Å². The second kappa shape index (κ2) is 17.3. The van der Waals surface area contributed by atoms with E-state index in [-0.39, 0.29) is 17.5 Å². The number of hydrogen-bond donors (Lipinski definition) is 1. The minimum atomic E-state index is -4.41. The van der Waals surface area contributed by atoms with Crippen molar-refractivity contribution in [3.8, 4) is 28.3 Å². The molecule has 0 atom stereocenters. The van der Waals surface area contributed by atoms with Gasteiger partial charge in [0.1, 0.15) is 11.6 Å². The molecule has 288 valence electrons. The van der Waals surface area contributed by atoms with Gasteiger partial charge in [0.25, 0.3) is 0 Å². The Labute approximate surface area is 316 Å². The first-order valence-electron chi connectivity index (χ1n) is 16.6. The number of benzene rings is 4. The number of carboxylic acid groups (broad SMARTS) is 1. The Balaban J connectivity index is 0.000000214. The Morgan fingerprint density at radius 3 is 1.52 bits per heavy atom. The molecule has 14 heteroatoms. The van der Waals surface area contributed by atoms with Gasteiger partial charge in [-0.1, -0.05) is 36.4 Å². The molecule has 4 aromatic carbocycles. The fourth-order valence-electron chi connectivity index (χ4n) is 5.62. The highest BCUT2D eigenvalue weighted by Crippen LogP contribution is 2.33. The lowest BCUT2D eigenvalue weighted by molar-refractivity contribution is -0.138. The summed E-state index contributed by atoms with van der Waals surface area (Å²) in [5.41, 5.74) is 3.55. The zero-order valence-corrected chi connectivity index (χ0v) is 29.6. The van der Waals surface area contributed by atoms with E-state index in [4.69, 9.17) is 9.47 Å². The van der Waals surface area contributed by atoms with Gasteiger partial charge in [0, 0.05) is 35.7 Å². The molecule has 0 unspecified atom stereocenters. The number of carbonyl (C=O) groups is 2. The van der Waals surface area contributed by atoms with E-state index in [9.17, 15) is 45.4 Å². The summed E-state index contributed by atoms with van der Waals surface area (Å²) >= 11 is 0. The van der Waals surface area contributed by atoms with Crippen molar-refractivity contribution in [1.82, 2.24) is 9.97 Å². The SMILES string of the molecule is COC(=O)c1ccc(Cc2ccc(C(F)(F)F)cc2)c(-c2cc(F)ccn2)c1.COc1ccnc(-c2cc(C(=O)O)ccc2Cc2ccc(C(F)(F)F)cc2)c1. The number of carbonyl (C=O) groups excluding carboxylic acids is 1. The predicted octanol–water partition coefficient (Wildman–Crippen LogP) is 10.3. The second-order valence-corrected chi connectivity index (χ2v) is 12.2. The fourth-order valence-corrected chi connectivity index (χ4v) is 5.62. The lowest BCUT2D eigenvalue weighted by Gasteiger charge is -2.12. The van der Waals surface area contributed by atoms with E-state index in [0.29, 0.717) is 51.4 Å². The molecule has 0 fully saturated rings. The number of aromatic nitrogens is 2. The quantitative estimate of drug-likeness (QED) is 0.115. The summed E-state index contributed by atoms with van der Waals surface area (Å²) in [4.78, 5) is 31.6. The van der Waals surface area contributed by atoms with E-state index < -0.39 is 41.2 Å². The molecule has 0 radical (unpaired) electrons. The first-order chi connectivity index (χ1) is 26.5. The highest BCUT2D eigenvalue weighted by Gasteiger charge is 2.31. The summed E-state index contributed by atoms with van der Waals surface area (Å²) in [5, 5.41) is 9.29. The number of nitrogens with zero attached hydrogens (tertiary/aromatic N) is 2. The van der Waals surface area contributed by atoms with Crippen LogP contribution in [-0.2, 0) is 29.9 Å². The van der Waals surface area contributed by atoms with Crippen LogP contribution in [0.5, 0.6) is 5.75 Å². The predicted molar refractivity (Wildman–Crippen MR) is 193 cm³/mol. The minimum Gasteiger partial charge on any atom is -0.497 e. The molecular formula is C42H31F7N2O5. The molecule has 0 aliphatic rings. The van der Waals surface area contributed by atoms with Crippen molar-refractivity contribution in [3.05, 3.63) is 172 Å². The number of halogens is 7. The molecule has 7 nitrogen and oxygen atoms in total. The third-order valence-corrected chi connectivity index (χ3v) is 8.48. The van der Waals surface area contributed by atoms with Gasteiger partial charge in [-0.3, -0.25) is 9.97 Å². The van der Waals surface area contributed by atoms with Crippen LogP contribution >= 0.6 is 0 Å². The Morgan fingerprint density at radius 2 is 1.07 bits per heavy atom. The molecule has 0 saturated carbocycles. The molecule has 0 aliphatic carbocycles. The highest BCUT2D eigenvalue weighted by atomic mass is 19.4. The van der Waals surface area contributed by atoms with Crippen LogP contribution in [0.4, 0.5) is 30.7 Å². The molecule has 6 rings (SSSR count). The Hall–Kier alpha value is -6.57. The summed E-state index contributed by atoms with van der Waals surface area (Å²) in [6.45, 7) is 0. The Kier molecular flexibility index (Phi) is 12.5. The van der Waals surface area contributed by atoms with Gasteiger partial charge in [-0.05, 0) is 95.8 Å². The molecule has 0 bridgehead atoms. The Bertz CT molecular complexity index is 2260. The van der Waals surface area contributed by atoms with Gasteiger partial charge in [-0.25, -0.2) is 14.0 Å². The van der Waals surface area contributed by atoms with Gasteiger partial charge >= 0.3 is 24.3 Å². The average molecular weight is 777 g/mol. The largest absolute Gasteiger partial charge is 0.497 e. The molecule has 56 heavy (non-hydrogen) atoms. The number of pyridine rings is 2. The van der Waals surface area contributed by atoms with Crippen molar-refractivity contribution in [2.45, 2.75) is 25.2 Å². The molecule has 0 spiro atoms. The number of alkyl halides is 6. The standard InChI is InChI=1S/C21H15F4NO2.C21H16F3NO3/c1-28-20(27)15-5-4-14(18(11-15)19-12-17(22)8-9-26-19)10-13-2-6-16(7-3-13)21(23,24)25;1-28-17-8-9-25-19(12-17)18-11-15(20(26)27)5-4-14(18)10-13-2-6-16(7-3-13)21(22,23)24/h2-9,11-12H,10H2,1H3;2-9,11-12H,10H2,1H3,(H,26,27). The number of ether oxygens (including phenoxy) is 2. The smallest absolute Gasteiger partial charge is 0.416 e. The van der Waals surface area contributed by atoms with Crippen LogP contribution in [-0.4, -0.2) is 41.2 Å². The minimum absolute atomic E-state index is 0.0933. The lowest BCUT2D eigenvalue weighted by atomic mass is 9.95. The maximum atomic E-state index is 13.7. The van der Waals surface area contributed by atoms with Gasteiger partial charge < -0.3 is 14.6 Å². The third-order valence-electron chi connectivity index (χ3n) is 8.48. The Morgan fingerprint density at radius 1 is 0.607 bits per heavy atom.